The molecular weight excluding hydrogens is 308 g/mol. The molecule has 0 fully saturated rings. The summed E-state index contributed by atoms with van der Waals surface area (Å²) >= 11 is 1.65. The number of alkyl halides is 2. The zero-order chi connectivity index (χ0) is 16.0. The second kappa shape index (κ2) is 7.60. The molecule has 0 saturated carbocycles. The normalized spacial score (nSPS) is 11.8. The number of hydrogen-bond donors (Lipinski definition) is 2. The van der Waals surface area contributed by atoms with Crippen molar-refractivity contribution in [2.24, 2.45) is 5.73 Å². The number of halogens is 2. The molecule has 4 nitrogen and oxygen atoms in total. The van der Waals surface area contributed by atoms with Gasteiger partial charge in [0.2, 0.25) is 5.91 Å². The summed E-state index contributed by atoms with van der Waals surface area (Å²) in [7, 11) is 0. The zero-order valence-corrected chi connectivity index (χ0v) is 13.0. The van der Waals surface area contributed by atoms with E-state index >= 15 is 0 Å². The predicted octanol–water partition coefficient (Wildman–Crippen LogP) is 2.72. The Balaban J connectivity index is 1.67. The lowest BCUT2D eigenvalue weighted by Crippen LogP contribution is -2.41. The van der Waals surface area contributed by atoms with E-state index in [9.17, 15) is 13.6 Å². The van der Waals surface area contributed by atoms with E-state index < -0.39 is 19.0 Å². The summed E-state index contributed by atoms with van der Waals surface area (Å²) in [5.41, 5.74) is 5.89. The van der Waals surface area contributed by atoms with Crippen LogP contribution in [0.4, 0.5) is 8.78 Å². The van der Waals surface area contributed by atoms with Crippen LogP contribution in [-0.4, -0.2) is 29.9 Å². The summed E-state index contributed by atoms with van der Waals surface area (Å²) in [6.45, 7) is -1.45. The lowest BCUT2D eigenvalue weighted by molar-refractivity contribution is -0.123. The topological polar surface area (TPSA) is 68.0 Å². The van der Waals surface area contributed by atoms with E-state index in [0.29, 0.717) is 6.42 Å². The minimum Gasteiger partial charge on any atom is -0.350 e. The van der Waals surface area contributed by atoms with Crippen LogP contribution in [0.15, 0.2) is 24.3 Å². The third kappa shape index (κ3) is 4.99. The van der Waals surface area contributed by atoms with Crippen molar-refractivity contribution < 1.29 is 13.6 Å². The van der Waals surface area contributed by atoms with E-state index in [4.69, 9.17) is 5.73 Å². The third-order valence-corrected chi connectivity index (χ3v) is 4.32. The molecule has 3 N–H and O–H groups in total. The number of nitrogens with zero attached hydrogens (tertiary/aromatic N) is 1. The molecule has 22 heavy (non-hydrogen) atoms. The Morgan fingerprint density at radius 3 is 2.82 bits per heavy atom. The highest BCUT2D eigenvalue weighted by molar-refractivity contribution is 7.18. The maximum atomic E-state index is 12.9. The molecule has 0 bridgehead atoms. The van der Waals surface area contributed by atoms with Crippen molar-refractivity contribution in [1.29, 1.82) is 0 Å². The highest BCUT2D eigenvalue weighted by atomic mass is 32.1. The van der Waals surface area contributed by atoms with Gasteiger partial charge in [0.25, 0.3) is 5.92 Å². The van der Waals surface area contributed by atoms with Gasteiger partial charge in [-0.05, 0) is 31.4 Å². The first-order valence-electron chi connectivity index (χ1n) is 7.19. The molecule has 0 aliphatic rings. The van der Waals surface area contributed by atoms with Crippen LogP contribution in [0.2, 0.25) is 0 Å². The first kappa shape index (κ1) is 16.8. The van der Waals surface area contributed by atoms with Crippen LogP contribution in [-0.2, 0) is 11.2 Å². The Morgan fingerprint density at radius 2 is 2.09 bits per heavy atom. The van der Waals surface area contributed by atoms with Crippen molar-refractivity contribution in [3.8, 4) is 0 Å². The third-order valence-electron chi connectivity index (χ3n) is 3.23. The summed E-state index contributed by atoms with van der Waals surface area (Å²) in [6, 6.07) is 7.93. The van der Waals surface area contributed by atoms with Crippen LogP contribution in [0, 0.1) is 0 Å². The Kier molecular flexibility index (Phi) is 5.79. The number of hydrogen-bond acceptors (Lipinski definition) is 4. The Labute approximate surface area is 131 Å². The Hall–Kier alpha value is -1.60. The number of unbranched alkanes of at least 4 members (excludes halogenated alkanes) is 1. The van der Waals surface area contributed by atoms with Gasteiger partial charge in [0.1, 0.15) is 0 Å². The summed E-state index contributed by atoms with van der Waals surface area (Å²) in [5, 5.41) is 3.25. The van der Waals surface area contributed by atoms with E-state index in [0.717, 1.165) is 28.1 Å². The predicted molar refractivity (Wildman–Crippen MR) is 84.2 cm³/mol. The molecule has 120 valence electrons. The molecule has 0 unspecified atom stereocenters. The van der Waals surface area contributed by atoms with Gasteiger partial charge in [-0.3, -0.25) is 4.79 Å². The van der Waals surface area contributed by atoms with E-state index in [1.54, 1.807) is 11.3 Å². The molecule has 1 aromatic heterocycles. The summed E-state index contributed by atoms with van der Waals surface area (Å²) in [5.74, 6) is -3.39. The Morgan fingerprint density at radius 1 is 1.32 bits per heavy atom. The van der Waals surface area contributed by atoms with Gasteiger partial charge >= 0.3 is 0 Å². The number of fused-ring (bicyclic) bond motifs is 1. The molecule has 7 heteroatoms. The number of aryl methyl sites for hydroxylation is 1. The molecule has 0 radical (unpaired) electrons. The molecule has 0 aliphatic heterocycles. The minimum absolute atomic E-state index is 0.242. The fourth-order valence-corrected chi connectivity index (χ4v) is 2.99. The molecule has 0 spiro atoms. The van der Waals surface area contributed by atoms with Crippen molar-refractivity contribution in [2.45, 2.75) is 31.6 Å². The van der Waals surface area contributed by atoms with Crippen LogP contribution < -0.4 is 11.1 Å². The van der Waals surface area contributed by atoms with Crippen LogP contribution in [0.3, 0.4) is 0 Å². The van der Waals surface area contributed by atoms with Crippen molar-refractivity contribution in [3.05, 3.63) is 29.3 Å². The van der Waals surface area contributed by atoms with E-state index in [-0.39, 0.29) is 12.3 Å². The fraction of sp³-hybridized carbons (Fsp3) is 0.467. The van der Waals surface area contributed by atoms with Gasteiger partial charge in [0, 0.05) is 6.42 Å². The standard InChI is InChI=1S/C15H19F2N3OS/c16-15(17,9-18)10-19-13(21)7-3-4-8-14-20-11-5-1-2-6-12(11)22-14/h1-2,5-6H,3-4,7-10,18H2,(H,19,21). The number of para-hydroxylation sites is 1. The molecule has 1 amide bonds. The van der Waals surface area contributed by atoms with Crippen molar-refractivity contribution in [2.75, 3.05) is 13.1 Å². The number of carbonyl (C=O) groups excluding carboxylic acids is 1. The molecule has 2 rings (SSSR count). The number of thiazole rings is 1. The largest absolute Gasteiger partial charge is 0.350 e. The van der Waals surface area contributed by atoms with Gasteiger partial charge in [-0.2, -0.15) is 0 Å². The lowest BCUT2D eigenvalue weighted by atomic mass is 10.2. The zero-order valence-electron chi connectivity index (χ0n) is 12.1. The van der Waals surface area contributed by atoms with Crippen LogP contribution in [0.1, 0.15) is 24.3 Å². The quantitative estimate of drug-likeness (QED) is 0.733. The number of rotatable bonds is 8. The number of amides is 1. The second-order valence-electron chi connectivity index (χ2n) is 5.12. The number of nitrogens with one attached hydrogen (secondary N) is 1. The second-order valence-corrected chi connectivity index (χ2v) is 6.23. The average molecular weight is 327 g/mol. The number of carbonyl (C=O) groups is 1. The molecular formula is C15H19F2N3OS. The van der Waals surface area contributed by atoms with Crippen LogP contribution in [0.5, 0.6) is 0 Å². The van der Waals surface area contributed by atoms with Gasteiger partial charge in [-0.15, -0.1) is 11.3 Å². The smallest absolute Gasteiger partial charge is 0.277 e. The number of nitrogens with two attached hydrogens (primary N) is 1. The molecule has 0 aliphatic carbocycles. The highest BCUT2D eigenvalue weighted by Crippen LogP contribution is 2.22. The van der Waals surface area contributed by atoms with Crippen molar-refractivity contribution in [3.63, 3.8) is 0 Å². The fourth-order valence-electron chi connectivity index (χ4n) is 1.98. The van der Waals surface area contributed by atoms with Crippen LogP contribution >= 0.6 is 11.3 Å². The molecule has 2 aromatic rings. The van der Waals surface area contributed by atoms with E-state index in [1.807, 2.05) is 24.3 Å². The van der Waals surface area contributed by atoms with Crippen molar-refractivity contribution >= 4 is 27.5 Å². The first-order valence-corrected chi connectivity index (χ1v) is 8.01. The van der Waals surface area contributed by atoms with Gasteiger partial charge in [0.15, 0.2) is 0 Å². The molecule has 0 atom stereocenters. The SMILES string of the molecule is NCC(F)(F)CNC(=O)CCCCc1nc2ccccc2s1. The molecule has 1 aromatic carbocycles. The first-order chi connectivity index (χ1) is 10.5. The number of benzene rings is 1. The van der Waals surface area contributed by atoms with Gasteiger partial charge in [-0.1, -0.05) is 12.1 Å². The Bertz CT molecular complexity index is 597. The summed E-state index contributed by atoms with van der Waals surface area (Å²) in [6.07, 6.45) is 2.49. The van der Waals surface area contributed by atoms with Gasteiger partial charge < -0.3 is 11.1 Å². The van der Waals surface area contributed by atoms with Gasteiger partial charge in [0.05, 0.1) is 28.3 Å². The highest BCUT2D eigenvalue weighted by Gasteiger charge is 2.26. The van der Waals surface area contributed by atoms with Crippen molar-refractivity contribution in [1.82, 2.24) is 10.3 Å². The van der Waals surface area contributed by atoms with E-state index in [2.05, 4.69) is 10.3 Å². The maximum Gasteiger partial charge on any atom is 0.277 e. The summed E-state index contributed by atoms with van der Waals surface area (Å²) in [4.78, 5) is 16.0. The van der Waals surface area contributed by atoms with Gasteiger partial charge in [-0.25, -0.2) is 13.8 Å². The number of aromatic nitrogens is 1. The molecule has 0 saturated heterocycles. The summed E-state index contributed by atoms with van der Waals surface area (Å²) < 4.78 is 26.9. The van der Waals surface area contributed by atoms with E-state index in [1.165, 1.54) is 0 Å². The maximum absolute atomic E-state index is 12.9. The lowest BCUT2D eigenvalue weighted by Gasteiger charge is -2.14. The van der Waals surface area contributed by atoms with Crippen LogP contribution in [0.25, 0.3) is 10.2 Å². The minimum atomic E-state index is -3.03. The molecule has 1 heterocycles. The monoisotopic (exact) mass is 327 g/mol. The average Bonchev–Trinajstić information content (AvgIpc) is 2.92.